The number of aliphatic carboxylic acids is 1. The van der Waals surface area contributed by atoms with E-state index in [1.165, 1.54) is 0 Å². The summed E-state index contributed by atoms with van der Waals surface area (Å²) in [7, 11) is 0. The monoisotopic (exact) mass is 244 g/mol. The van der Waals surface area contributed by atoms with E-state index in [2.05, 4.69) is 10.6 Å². The van der Waals surface area contributed by atoms with E-state index >= 15 is 0 Å². The topological polar surface area (TPSA) is 78.4 Å². The van der Waals surface area contributed by atoms with Gasteiger partial charge >= 0.3 is 5.97 Å². The fourth-order valence-electron chi connectivity index (χ4n) is 1.29. The van der Waals surface area contributed by atoms with E-state index in [9.17, 15) is 9.59 Å². The Hall–Kier alpha value is -1.10. The molecule has 5 nitrogen and oxygen atoms in total. The molecule has 0 saturated heterocycles. The number of rotatable bonds is 8. The highest BCUT2D eigenvalue weighted by Crippen LogP contribution is 1.99. The minimum Gasteiger partial charge on any atom is -0.480 e. The van der Waals surface area contributed by atoms with Gasteiger partial charge in [-0.3, -0.25) is 14.9 Å². The van der Waals surface area contributed by atoms with Crippen molar-refractivity contribution in [2.45, 2.75) is 52.6 Å². The molecule has 1 amide bonds. The van der Waals surface area contributed by atoms with Gasteiger partial charge in [-0.25, -0.2) is 0 Å². The van der Waals surface area contributed by atoms with Gasteiger partial charge in [-0.15, -0.1) is 0 Å². The molecule has 100 valence electrons. The number of hydrogen-bond donors (Lipinski definition) is 3. The third-order valence-electron chi connectivity index (χ3n) is 2.77. The average molecular weight is 244 g/mol. The van der Waals surface area contributed by atoms with Crippen molar-refractivity contribution in [1.29, 1.82) is 0 Å². The Morgan fingerprint density at radius 2 is 1.82 bits per heavy atom. The molecule has 0 heterocycles. The molecule has 0 spiro atoms. The van der Waals surface area contributed by atoms with E-state index in [1.807, 2.05) is 27.7 Å². The summed E-state index contributed by atoms with van der Waals surface area (Å²) in [5, 5.41) is 14.5. The lowest BCUT2D eigenvalue weighted by atomic mass is 10.1. The van der Waals surface area contributed by atoms with Crippen molar-refractivity contribution >= 4 is 11.9 Å². The summed E-state index contributed by atoms with van der Waals surface area (Å²) in [5.41, 5.74) is 0. The Morgan fingerprint density at radius 3 is 2.24 bits per heavy atom. The van der Waals surface area contributed by atoms with E-state index in [1.54, 1.807) is 0 Å². The molecule has 0 aliphatic rings. The third-order valence-corrected chi connectivity index (χ3v) is 2.77. The fraction of sp³-hybridized carbons (Fsp3) is 0.833. The molecule has 0 rings (SSSR count). The first-order valence-corrected chi connectivity index (χ1v) is 6.14. The SMILES string of the molecule is CCCC(NCC(=O)NC(C)C(C)C)C(=O)O. The first-order chi connectivity index (χ1) is 7.88. The number of carbonyl (C=O) groups excluding carboxylic acids is 1. The number of hydrogen-bond acceptors (Lipinski definition) is 3. The Balaban J connectivity index is 4.00. The van der Waals surface area contributed by atoms with Crippen LogP contribution in [0.4, 0.5) is 0 Å². The molecule has 2 unspecified atom stereocenters. The summed E-state index contributed by atoms with van der Waals surface area (Å²) in [6, 6.07) is -0.543. The molecular formula is C12H24N2O3. The molecule has 0 aliphatic carbocycles. The number of carbonyl (C=O) groups is 2. The Morgan fingerprint density at radius 1 is 1.24 bits per heavy atom. The summed E-state index contributed by atoms with van der Waals surface area (Å²) in [5.74, 6) is -0.699. The average Bonchev–Trinajstić information content (AvgIpc) is 2.23. The molecule has 5 heteroatoms. The first-order valence-electron chi connectivity index (χ1n) is 6.14. The predicted molar refractivity (Wildman–Crippen MR) is 66.8 cm³/mol. The molecule has 0 bridgehead atoms. The van der Waals surface area contributed by atoms with Gasteiger partial charge in [0.05, 0.1) is 6.54 Å². The van der Waals surface area contributed by atoms with E-state index in [4.69, 9.17) is 5.11 Å². The standard InChI is InChI=1S/C12H24N2O3/c1-5-6-10(12(16)17)13-7-11(15)14-9(4)8(2)3/h8-10,13H,5-7H2,1-4H3,(H,14,15)(H,16,17). The van der Waals surface area contributed by atoms with Crippen molar-refractivity contribution in [3.8, 4) is 0 Å². The molecule has 17 heavy (non-hydrogen) atoms. The second-order valence-electron chi connectivity index (χ2n) is 4.66. The molecule has 2 atom stereocenters. The zero-order chi connectivity index (χ0) is 13.4. The molecule has 0 aromatic carbocycles. The van der Waals surface area contributed by atoms with Gasteiger partial charge in [0.25, 0.3) is 0 Å². The van der Waals surface area contributed by atoms with Crippen molar-refractivity contribution < 1.29 is 14.7 Å². The largest absolute Gasteiger partial charge is 0.480 e. The summed E-state index contributed by atoms with van der Waals surface area (Å²) < 4.78 is 0. The Kier molecular flexibility index (Phi) is 7.54. The Bertz CT molecular complexity index is 254. The van der Waals surface area contributed by atoms with Crippen LogP contribution in [-0.2, 0) is 9.59 Å². The minimum atomic E-state index is -0.906. The maximum atomic E-state index is 11.5. The smallest absolute Gasteiger partial charge is 0.320 e. The Labute approximate surface area is 103 Å². The van der Waals surface area contributed by atoms with Gasteiger partial charge < -0.3 is 10.4 Å². The highest BCUT2D eigenvalue weighted by atomic mass is 16.4. The summed E-state index contributed by atoms with van der Waals surface area (Å²) in [4.78, 5) is 22.4. The van der Waals surface area contributed by atoms with Gasteiger partial charge in [0.2, 0.25) is 5.91 Å². The lowest BCUT2D eigenvalue weighted by Crippen LogP contribution is -2.46. The fourth-order valence-corrected chi connectivity index (χ4v) is 1.29. The molecule has 0 aromatic heterocycles. The van der Waals surface area contributed by atoms with E-state index in [-0.39, 0.29) is 18.5 Å². The molecule has 0 saturated carbocycles. The zero-order valence-corrected chi connectivity index (χ0v) is 11.1. The van der Waals surface area contributed by atoms with Crippen LogP contribution in [0, 0.1) is 5.92 Å². The normalized spacial score (nSPS) is 14.4. The zero-order valence-electron chi connectivity index (χ0n) is 11.1. The first kappa shape index (κ1) is 15.9. The van der Waals surface area contributed by atoms with Crippen LogP contribution in [0.3, 0.4) is 0 Å². The van der Waals surface area contributed by atoms with Gasteiger partial charge in [-0.1, -0.05) is 27.2 Å². The van der Waals surface area contributed by atoms with Crippen LogP contribution >= 0.6 is 0 Å². The summed E-state index contributed by atoms with van der Waals surface area (Å²) in [6.07, 6.45) is 1.30. The summed E-state index contributed by atoms with van der Waals surface area (Å²) in [6.45, 7) is 7.95. The minimum absolute atomic E-state index is 0.0496. The maximum Gasteiger partial charge on any atom is 0.320 e. The second-order valence-corrected chi connectivity index (χ2v) is 4.66. The van der Waals surface area contributed by atoms with Crippen molar-refractivity contribution in [2.24, 2.45) is 5.92 Å². The molecular weight excluding hydrogens is 220 g/mol. The van der Waals surface area contributed by atoms with Crippen LogP contribution in [0.5, 0.6) is 0 Å². The highest BCUT2D eigenvalue weighted by Gasteiger charge is 2.17. The van der Waals surface area contributed by atoms with Crippen LogP contribution in [0.25, 0.3) is 0 Å². The van der Waals surface area contributed by atoms with Crippen molar-refractivity contribution in [3.63, 3.8) is 0 Å². The maximum absolute atomic E-state index is 11.5. The number of carboxylic acids is 1. The number of nitrogens with one attached hydrogen (secondary N) is 2. The third kappa shape index (κ3) is 6.94. The van der Waals surface area contributed by atoms with E-state index in [0.717, 1.165) is 6.42 Å². The van der Waals surface area contributed by atoms with Gasteiger partial charge in [-0.05, 0) is 19.3 Å². The van der Waals surface area contributed by atoms with E-state index < -0.39 is 12.0 Å². The van der Waals surface area contributed by atoms with E-state index in [0.29, 0.717) is 12.3 Å². The quantitative estimate of drug-likeness (QED) is 0.595. The van der Waals surface area contributed by atoms with Gasteiger partial charge in [0.15, 0.2) is 0 Å². The van der Waals surface area contributed by atoms with Crippen LogP contribution in [0.1, 0.15) is 40.5 Å². The van der Waals surface area contributed by atoms with Gasteiger partial charge in [0.1, 0.15) is 6.04 Å². The summed E-state index contributed by atoms with van der Waals surface area (Å²) >= 11 is 0. The predicted octanol–water partition coefficient (Wildman–Crippen LogP) is 0.990. The van der Waals surface area contributed by atoms with Crippen LogP contribution in [-0.4, -0.2) is 35.6 Å². The van der Waals surface area contributed by atoms with Crippen molar-refractivity contribution in [1.82, 2.24) is 10.6 Å². The van der Waals surface area contributed by atoms with Crippen molar-refractivity contribution in [2.75, 3.05) is 6.54 Å². The second kappa shape index (κ2) is 8.06. The highest BCUT2D eigenvalue weighted by molar-refractivity contribution is 5.80. The van der Waals surface area contributed by atoms with Crippen molar-refractivity contribution in [3.05, 3.63) is 0 Å². The molecule has 0 fully saturated rings. The number of amides is 1. The number of carboxylic acid groups (broad SMARTS) is 1. The lowest BCUT2D eigenvalue weighted by Gasteiger charge is -2.19. The van der Waals surface area contributed by atoms with Crippen LogP contribution < -0.4 is 10.6 Å². The van der Waals surface area contributed by atoms with Gasteiger partial charge in [-0.2, -0.15) is 0 Å². The molecule has 0 aliphatic heterocycles. The van der Waals surface area contributed by atoms with Crippen LogP contribution in [0.2, 0.25) is 0 Å². The van der Waals surface area contributed by atoms with Gasteiger partial charge in [0, 0.05) is 6.04 Å². The molecule has 3 N–H and O–H groups in total. The molecule has 0 aromatic rings. The lowest BCUT2D eigenvalue weighted by molar-refractivity contribution is -0.139. The van der Waals surface area contributed by atoms with Crippen LogP contribution in [0.15, 0.2) is 0 Å². The molecule has 0 radical (unpaired) electrons.